The summed E-state index contributed by atoms with van der Waals surface area (Å²) in [4.78, 5) is 21.4. The summed E-state index contributed by atoms with van der Waals surface area (Å²) in [7, 11) is 0. The molecule has 5 nitrogen and oxygen atoms in total. The van der Waals surface area contributed by atoms with Crippen LogP contribution in [0.5, 0.6) is 0 Å². The van der Waals surface area contributed by atoms with Crippen molar-refractivity contribution < 1.29 is 4.42 Å². The van der Waals surface area contributed by atoms with Gasteiger partial charge in [-0.3, -0.25) is 9.36 Å². The van der Waals surface area contributed by atoms with E-state index >= 15 is 0 Å². The van der Waals surface area contributed by atoms with Crippen LogP contribution in [0.15, 0.2) is 126 Å². The normalized spacial score (nSPS) is 12.6. The van der Waals surface area contributed by atoms with Gasteiger partial charge >= 0.3 is 0 Å². The van der Waals surface area contributed by atoms with Crippen LogP contribution in [0.3, 0.4) is 0 Å². The predicted octanol–water partition coefficient (Wildman–Crippen LogP) is 5.89. The molecule has 0 radical (unpaired) electrons. The minimum absolute atomic E-state index is 0.181. The lowest BCUT2D eigenvalue weighted by Gasteiger charge is -2.14. The third-order valence-corrected chi connectivity index (χ3v) is 4.85. The van der Waals surface area contributed by atoms with E-state index < -0.39 is 0 Å². The maximum absolute atomic E-state index is 13.3. The number of aromatic nitrogens is 3. The molecule has 0 unspecified atom stereocenters. The Morgan fingerprint density at radius 2 is 1.82 bits per heavy atom. The Morgan fingerprint density at radius 3 is 2.48 bits per heavy atom. The second-order valence-corrected chi connectivity index (χ2v) is 7.16. The van der Waals surface area contributed by atoms with Gasteiger partial charge in [0.25, 0.3) is 5.56 Å². The molecule has 166 valence electrons. The summed E-state index contributed by atoms with van der Waals surface area (Å²) in [6.45, 7) is 15.1. The molecular formula is C28H27N3O2. The molecule has 5 heteroatoms. The number of fused-ring (bicyclic) bond motifs is 1. The second kappa shape index (κ2) is 11.3. The summed E-state index contributed by atoms with van der Waals surface area (Å²) < 4.78 is 7.01. The highest BCUT2D eigenvalue weighted by Crippen LogP contribution is 2.23. The smallest absolute Gasteiger partial charge is 0.278 e. The SMILES string of the molecule is C=C/C=C\C(=C/C=C)Cc1[nH]c(C(/C=C\C=C)=C/C=C)cn2c(=O)c(Cc3ccco3)nc1-2. The van der Waals surface area contributed by atoms with Crippen LogP contribution in [-0.2, 0) is 12.8 Å². The molecule has 1 N–H and O–H groups in total. The topological polar surface area (TPSA) is 63.8 Å². The summed E-state index contributed by atoms with van der Waals surface area (Å²) in [5, 5.41) is 0. The van der Waals surface area contributed by atoms with E-state index in [9.17, 15) is 4.79 Å². The molecule has 0 saturated heterocycles. The zero-order valence-electron chi connectivity index (χ0n) is 18.5. The van der Waals surface area contributed by atoms with E-state index in [2.05, 4.69) is 36.3 Å². The van der Waals surface area contributed by atoms with Gasteiger partial charge in [0, 0.05) is 12.6 Å². The zero-order chi connectivity index (χ0) is 23.6. The maximum atomic E-state index is 13.3. The van der Waals surface area contributed by atoms with Gasteiger partial charge in [-0.1, -0.05) is 87.1 Å². The molecule has 0 saturated carbocycles. The fraction of sp³-hybridized carbons (Fsp3) is 0.0714. The number of allylic oxidation sites excluding steroid dienone is 12. The van der Waals surface area contributed by atoms with Crippen molar-refractivity contribution in [2.24, 2.45) is 0 Å². The molecule has 1 aromatic rings. The second-order valence-electron chi connectivity index (χ2n) is 7.16. The quantitative estimate of drug-likeness (QED) is 0.380. The van der Waals surface area contributed by atoms with E-state index in [1.54, 1.807) is 47.4 Å². The van der Waals surface area contributed by atoms with Gasteiger partial charge < -0.3 is 9.40 Å². The van der Waals surface area contributed by atoms with Gasteiger partial charge in [-0.2, -0.15) is 0 Å². The predicted molar refractivity (Wildman–Crippen MR) is 136 cm³/mol. The molecule has 3 heterocycles. The van der Waals surface area contributed by atoms with E-state index in [0.29, 0.717) is 30.1 Å². The number of hydrogen-bond acceptors (Lipinski definition) is 3. The van der Waals surface area contributed by atoms with E-state index in [4.69, 9.17) is 4.42 Å². The average molecular weight is 438 g/mol. The van der Waals surface area contributed by atoms with Gasteiger partial charge in [0.2, 0.25) is 0 Å². The van der Waals surface area contributed by atoms with Crippen molar-refractivity contribution in [3.05, 3.63) is 150 Å². The summed E-state index contributed by atoms with van der Waals surface area (Å²) in [6, 6.07) is 3.63. The van der Waals surface area contributed by atoms with Crippen LogP contribution in [0.25, 0.3) is 11.4 Å². The first-order chi connectivity index (χ1) is 16.1. The third kappa shape index (κ3) is 5.66. The molecule has 1 aromatic heterocycles. The molecule has 0 atom stereocenters. The molecule has 0 aliphatic carbocycles. The van der Waals surface area contributed by atoms with Crippen molar-refractivity contribution in [2.45, 2.75) is 12.8 Å². The lowest BCUT2D eigenvalue weighted by molar-refractivity contribution is 0.519. The molecule has 2 aliphatic rings. The van der Waals surface area contributed by atoms with Crippen LogP contribution in [-0.4, -0.2) is 14.5 Å². The van der Waals surface area contributed by atoms with Gasteiger partial charge in [-0.05, 0) is 23.3 Å². The van der Waals surface area contributed by atoms with Gasteiger partial charge in [-0.15, -0.1) is 0 Å². The van der Waals surface area contributed by atoms with Gasteiger partial charge in [0.1, 0.15) is 11.5 Å². The summed E-state index contributed by atoms with van der Waals surface area (Å²) in [6.07, 6.45) is 22.3. The van der Waals surface area contributed by atoms with Gasteiger partial charge in [0.15, 0.2) is 5.82 Å². The van der Waals surface area contributed by atoms with Crippen LogP contribution in [0.4, 0.5) is 0 Å². The Kier molecular flexibility index (Phi) is 7.97. The van der Waals surface area contributed by atoms with Crippen molar-refractivity contribution in [1.82, 2.24) is 14.5 Å². The van der Waals surface area contributed by atoms with Gasteiger partial charge in [-0.25, -0.2) is 4.98 Å². The first-order valence-corrected chi connectivity index (χ1v) is 10.5. The number of hydrogen-bond donors (Lipinski definition) is 1. The Balaban J connectivity index is 2.21. The van der Waals surface area contributed by atoms with Crippen LogP contribution >= 0.6 is 0 Å². The van der Waals surface area contributed by atoms with Crippen molar-refractivity contribution in [3.8, 4) is 5.82 Å². The van der Waals surface area contributed by atoms with Crippen LogP contribution in [0.2, 0.25) is 0 Å². The van der Waals surface area contributed by atoms with Crippen molar-refractivity contribution in [3.63, 3.8) is 0 Å². The van der Waals surface area contributed by atoms with Gasteiger partial charge in [0.05, 0.1) is 24.1 Å². The number of nitrogens with zero attached hydrogens (tertiary/aromatic N) is 2. The number of furan rings is 1. The monoisotopic (exact) mass is 437 g/mol. The number of imidazole rings is 1. The largest absolute Gasteiger partial charge is 0.469 e. The number of aromatic amines is 1. The molecule has 3 rings (SSSR count). The molecule has 2 aliphatic heterocycles. The van der Waals surface area contributed by atoms with E-state index in [-0.39, 0.29) is 5.56 Å². The summed E-state index contributed by atoms with van der Waals surface area (Å²) in [5.74, 6) is 1.25. The first-order valence-electron chi connectivity index (χ1n) is 10.5. The molecular weight excluding hydrogens is 410 g/mol. The lowest BCUT2D eigenvalue weighted by Crippen LogP contribution is -2.18. The summed E-state index contributed by atoms with van der Waals surface area (Å²) in [5.41, 5.74) is 3.62. The average Bonchev–Trinajstić information content (AvgIpc) is 3.44. The fourth-order valence-electron chi connectivity index (χ4n) is 3.39. The van der Waals surface area contributed by atoms with E-state index in [1.165, 1.54) is 0 Å². The Bertz CT molecular complexity index is 1290. The third-order valence-electron chi connectivity index (χ3n) is 4.85. The maximum Gasteiger partial charge on any atom is 0.278 e. The molecule has 0 fully saturated rings. The highest BCUT2D eigenvalue weighted by molar-refractivity contribution is 5.73. The minimum atomic E-state index is -0.181. The lowest BCUT2D eigenvalue weighted by atomic mass is 10.1. The minimum Gasteiger partial charge on any atom is -0.469 e. The number of nitrogens with one attached hydrogen (secondary N) is 1. The van der Waals surface area contributed by atoms with Crippen LogP contribution in [0, 0.1) is 0 Å². The van der Waals surface area contributed by atoms with Crippen LogP contribution in [0.1, 0.15) is 22.8 Å². The fourth-order valence-corrected chi connectivity index (χ4v) is 3.39. The molecule has 0 amide bonds. The van der Waals surface area contributed by atoms with Crippen molar-refractivity contribution >= 4 is 5.57 Å². The van der Waals surface area contributed by atoms with E-state index in [1.807, 2.05) is 42.5 Å². The molecule has 33 heavy (non-hydrogen) atoms. The Hall–Kier alpha value is -4.38. The van der Waals surface area contributed by atoms with Crippen molar-refractivity contribution in [2.75, 3.05) is 0 Å². The van der Waals surface area contributed by atoms with E-state index in [0.717, 1.165) is 22.5 Å². The molecule has 0 aromatic carbocycles. The number of rotatable bonds is 11. The zero-order valence-corrected chi connectivity index (χ0v) is 18.5. The Morgan fingerprint density at radius 1 is 1.06 bits per heavy atom. The molecule has 0 spiro atoms. The Labute approximate surface area is 193 Å². The standard InChI is InChI=1S/C28H27N3O2/c1-5-9-14-21(12-7-3)18-24-27-30-25(19-23-16-11-17-33-23)28(32)31(27)20-26(29-24)22(13-8-4)15-10-6-2/h5-17,20,29H,1-4,18-19H2/b14-9-,15-10-,21-12+,22-13+. The molecule has 0 bridgehead atoms. The van der Waals surface area contributed by atoms with Crippen molar-refractivity contribution in [1.29, 1.82) is 0 Å². The highest BCUT2D eigenvalue weighted by atomic mass is 16.3. The highest BCUT2D eigenvalue weighted by Gasteiger charge is 2.21. The number of H-pyrrole nitrogens is 1. The van der Waals surface area contributed by atoms with Crippen LogP contribution < -0.4 is 5.56 Å². The first kappa shape index (κ1) is 23.3. The summed E-state index contributed by atoms with van der Waals surface area (Å²) >= 11 is 0.